The number of hydrogen-bond acceptors (Lipinski definition) is 7. The van der Waals surface area contributed by atoms with Gasteiger partial charge < -0.3 is 35.2 Å². The van der Waals surface area contributed by atoms with Gasteiger partial charge in [0.2, 0.25) is 12.2 Å². The van der Waals surface area contributed by atoms with Crippen LogP contribution in [-0.2, 0) is 16.1 Å². The lowest BCUT2D eigenvalue weighted by Gasteiger charge is -2.42. The van der Waals surface area contributed by atoms with Gasteiger partial charge in [0.05, 0.1) is 13.2 Å². The number of rotatable bonds is 5. The monoisotopic (exact) mass is 327 g/mol. The Morgan fingerprint density at radius 3 is 2.57 bits per heavy atom. The molecule has 0 unspecified atom stereocenters. The fourth-order valence-corrected chi connectivity index (χ4v) is 2.45. The van der Waals surface area contributed by atoms with Crippen LogP contribution in [0, 0.1) is 0 Å². The molecule has 1 aliphatic rings. The number of benzene rings is 1. The van der Waals surface area contributed by atoms with Crippen molar-refractivity contribution in [3.8, 4) is 5.75 Å². The number of para-hydroxylation sites is 1. The number of carbonyl (C=O) groups excluding carboxylic acids is 1. The topological polar surface area (TPSA) is 128 Å². The van der Waals surface area contributed by atoms with Crippen LogP contribution >= 0.6 is 0 Å². The Hall–Kier alpha value is -1.71. The predicted molar refractivity (Wildman–Crippen MR) is 78.4 cm³/mol. The van der Waals surface area contributed by atoms with Crippen LogP contribution in [0.3, 0.4) is 0 Å². The molecule has 1 aromatic carbocycles. The SMILES string of the molecule is CC(=O)N[C@H]1[C@H](Oc2ccccc2CO)O[C@H](CO)[C@@H](O)[C@@H]1O. The van der Waals surface area contributed by atoms with E-state index in [0.717, 1.165) is 0 Å². The van der Waals surface area contributed by atoms with Crippen molar-refractivity contribution in [2.45, 2.75) is 44.2 Å². The van der Waals surface area contributed by atoms with Crippen LogP contribution < -0.4 is 10.1 Å². The number of ether oxygens (including phenoxy) is 2. The molecule has 8 nitrogen and oxygen atoms in total. The Bertz CT molecular complexity index is 538. The molecule has 0 aromatic heterocycles. The first-order valence-electron chi connectivity index (χ1n) is 7.23. The molecule has 1 amide bonds. The van der Waals surface area contributed by atoms with Gasteiger partial charge in [0, 0.05) is 12.5 Å². The van der Waals surface area contributed by atoms with Gasteiger partial charge in [-0.2, -0.15) is 0 Å². The van der Waals surface area contributed by atoms with Crippen molar-refractivity contribution in [3.63, 3.8) is 0 Å². The van der Waals surface area contributed by atoms with Gasteiger partial charge >= 0.3 is 0 Å². The maximum Gasteiger partial charge on any atom is 0.223 e. The van der Waals surface area contributed by atoms with E-state index in [-0.39, 0.29) is 6.61 Å². The molecule has 2 rings (SSSR count). The summed E-state index contributed by atoms with van der Waals surface area (Å²) in [7, 11) is 0. The second-order valence-corrected chi connectivity index (χ2v) is 5.32. The Morgan fingerprint density at radius 1 is 1.26 bits per heavy atom. The fourth-order valence-electron chi connectivity index (χ4n) is 2.45. The smallest absolute Gasteiger partial charge is 0.223 e. The number of amides is 1. The maximum atomic E-state index is 11.3. The number of nitrogens with one attached hydrogen (secondary N) is 1. The third-order valence-electron chi connectivity index (χ3n) is 3.64. The molecule has 0 aliphatic carbocycles. The second-order valence-electron chi connectivity index (χ2n) is 5.32. The van der Waals surface area contributed by atoms with Crippen LogP contribution in [0.4, 0.5) is 0 Å². The summed E-state index contributed by atoms with van der Waals surface area (Å²) < 4.78 is 11.1. The van der Waals surface area contributed by atoms with E-state index in [4.69, 9.17) is 9.47 Å². The van der Waals surface area contributed by atoms with E-state index in [1.807, 2.05) is 0 Å². The van der Waals surface area contributed by atoms with Gasteiger partial charge in [0.15, 0.2) is 0 Å². The first-order chi connectivity index (χ1) is 11.0. The lowest BCUT2D eigenvalue weighted by Crippen LogP contribution is -2.65. The van der Waals surface area contributed by atoms with Crippen LogP contribution in [0.25, 0.3) is 0 Å². The third-order valence-corrected chi connectivity index (χ3v) is 3.64. The Morgan fingerprint density at radius 2 is 1.96 bits per heavy atom. The Balaban J connectivity index is 2.25. The van der Waals surface area contributed by atoms with Crippen molar-refractivity contribution in [3.05, 3.63) is 29.8 Å². The van der Waals surface area contributed by atoms with Gasteiger partial charge in [-0.05, 0) is 6.07 Å². The van der Waals surface area contributed by atoms with Crippen molar-refractivity contribution in [1.29, 1.82) is 0 Å². The molecule has 23 heavy (non-hydrogen) atoms. The molecule has 1 heterocycles. The van der Waals surface area contributed by atoms with E-state index in [1.165, 1.54) is 6.92 Å². The molecule has 1 fully saturated rings. The minimum atomic E-state index is -1.38. The number of carbonyl (C=O) groups is 1. The van der Waals surface area contributed by atoms with Gasteiger partial charge in [-0.25, -0.2) is 0 Å². The average molecular weight is 327 g/mol. The minimum absolute atomic E-state index is 0.262. The van der Waals surface area contributed by atoms with Crippen LogP contribution in [-0.4, -0.2) is 63.6 Å². The largest absolute Gasteiger partial charge is 0.462 e. The van der Waals surface area contributed by atoms with Crippen LogP contribution in [0.5, 0.6) is 5.75 Å². The summed E-state index contributed by atoms with van der Waals surface area (Å²) in [5.41, 5.74) is 0.499. The molecule has 1 aliphatic heterocycles. The summed E-state index contributed by atoms with van der Waals surface area (Å²) >= 11 is 0. The highest BCUT2D eigenvalue weighted by Gasteiger charge is 2.46. The molecule has 0 radical (unpaired) electrons. The van der Waals surface area contributed by atoms with Crippen LogP contribution in [0.1, 0.15) is 12.5 Å². The minimum Gasteiger partial charge on any atom is -0.462 e. The molecule has 5 N–H and O–H groups in total. The summed E-state index contributed by atoms with van der Waals surface area (Å²) in [5.74, 6) is -0.119. The highest BCUT2D eigenvalue weighted by molar-refractivity contribution is 5.73. The summed E-state index contributed by atoms with van der Waals surface area (Å²) in [5, 5.41) is 41.2. The zero-order valence-corrected chi connectivity index (χ0v) is 12.6. The standard InChI is InChI=1S/C15H21NO7/c1-8(19)16-12-14(21)13(20)11(7-18)23-15(12)22-10-5-3-2-4-9(10)6-17/h2-5,11-15,17-18,20-21H,6-7H2,1H3,(H,16,19)/t11-,12-,13-,14-,15-/m1/s1. The van der Waals surface area contributed by atoms with E-state index in [1.54, 1.807) is 24.3 Å². The second kappa shape index (κ2) is 7.71. The van der Waals surface area contributed by atoms with Crippen molar-refractivity contribution in [2.75, 3.05) is 6.61 Å². The van der Waals surface area contributed by atoms with Crippen molar-refractivity contribution < 1.29 is 34.7 Å². The first kappa shape index (κ1) is 17.6. The van der Waals surface area contributed by atoms with Gasteiger partial charge in [-0.3, -0.25) is 4.79 Å². The number of hydrogen-bond donors (Lipinski definition) is 5. The normalized spacial score (nSPS) is 30.7. The molecule has 0 saturated carbocycles. The van der Waals surface area contributed by atoms with E-state index in [9.17, 15) is 25.2 Å². The molecular weight excluding hydrogens is 306 g/mol. The summed E-state index contributed by atoms with van der Waals surface area (Å²) in [6, 6.07) is 5.64. The molecular formula is C15H21NO7. The summed E-state index contributed by atoms with van der Waals surface area (Å²) in [6.45, 7) is 0.477. The molecule has 1 saturated heterocycles. The molecule has 0 bridgehead atoms. The number of aliphatic hydroxyl groups is 4. The first-order valence-corrected chi connectivity index (χ1v) is 7.23. The summed E-state index contributed by atoms with van der Waals surface area (Å²) in [6.07, 6.45) is -4.94. The average Bonchev–Trinajstić information content (AvgIpc) is 2.54. The number of aliphatic hydroxyl groups excluding tert-OH is 4. The van der Waals surface area contributed by atoms with E-state index in [2.05, 4.69) is 5.32 Å². The zero-order valence-electron chi connectivity index (χ0n) is 12.6. The third kappa shape index (κ3) is 3.98. The van der Waals surface area contributed by atoms with E-state index >= 15 is 0 Å². The van der Waals surface area contributed by atoms with Gasteiger partial charge in [0.25, 0.3) is 0 Å². The van der Waals surface area contributed by atoms with Crippen molar-refractivity contribution >= 4 is 5.91 Å². The predicted octanol–water partition coefficient (Wildman–Crippen LogP) is -1.50. The van der Waals surface area contributed by atoms with Crippen molar-refractivity contribution in [2.24, 2.45) is 0 Å². The lowest BCUT2D eigenvalue weighted by molar-refractivity contribution is -0.244. The zero-order chi connectivity index (χ0) is 17.0. The molecule has 0 spiro atoms. The lowest BCUT2D eigenvalue weighted by atomic mass is 9.97. The quantitative estimate of drug-likeness (QED) is 0.445. The Kier molecular flexibility index (Phi) is 5.91. The Labute approximate surface area is 133 Å². The highest BCUT2D eigenvalue weighted by atomic mass is 16.7. The van der Waals surface area contributed by atoms with E-state index < -0.39 is 43.2 Å². The highest BCUT2D eigenvalue weighted by Crippen LogP contribution is 2.26. The van der Waals surface area contributed by atoms with Gasteiger partial charge in [-0.1, -0.05) is 18.2 Å². The maximum absolute atomic E-state index is 11.3. The molecule has 128 valence electrons. The fraction of sp³-hybridized carbons (Fsp3) is 0.533. The van der Waals surface area contributed by atoms with Crippen LogP contribution in [0.2, 0.25) is 0 Å². The molecule has 1 aromatic rings. The van der Waals surface area contributed by atoms with Crippen molar-refractivity contribution in [1.82, 2.24) is 5.32 Å². The molecule has 8 heteroatoms. The van der Waals surface area contributed by atoms with Gasteiger partial charge in [-0.15, -0.1) is 0 Å². The van der Waals surface area contributed by atoms with Gasteiger partial charge in [0.1, 0.15) is 30.1 Å². The van der Waals surface area contributed by atoms with Crippen LogP contribution in [0.15, 0.2) is 24.3 Å². The summed E-state index contributed by atoms with van der Waals surface area (Å²) in [4.78, 5) is 11.3. The molecule has 5 atom stereocenters. The van der Waals surface area contributed by atoms with E-state index in [0.29, 0.717) is 11.3 Å².